The van der Waals surface area contributed by atoms with Crippen molar-refractivity contribution < 1.29 is 32.5 Å². The third-order valence-electron chi connectivity index (χ3n) is 7.12. The highest BCUT2D eigenvalue weighted by molar-refractivity contribution is 6.36. The SMILES string of the molecule is O=C(O)CCCOc1ccc(-c2ccc(/C=C/c3nc(-c4ccc(Cl)cc4Cl)cn3Cc3ccc(COC(F)(F)F)cc3)cc2)cc1. The number of nitrogens with zero attached hydrogens (tertiary/aromatic N) is 2. The van der Waals surface area contributed by atoms with Gasteiger partial charge in [0.1, 0.15) is 11.6 Å². The van der Waals surface area contributed by atoms with Crippen LogP contribution in [0.2, 0.25) is 10.0 Å². The van der Waals surface area contributed by atoms with Crippen LogP contribution in [0.3, 0.4) is 0 Å². The van der Waals surface area contributed by atoms with Crippen LogP contribution in [0.15, 0.2) is 97.2 Å². The van der Waals surface area contributed by atoms with Crippen molar-refractivity contribution in [3.05, 3.63) is 130 Å². The maximum atomic E-state index is 12.4. The number of rotatable bonds is 13. The molecule has 5 aromatic rings. The van der Waals surface area contributed by atoms with Gasteiger partial charge in [0, 0.05) is 29.7 Å². The summed E-state index contributed by atoms with van der Waals surface area (Å²) >= 11 is 12.6. The fourth-order valence-corrected chi connectivity index (χ4v) is 5.24. The summed E-state index contributed by atoms with van der Waals surface area (Å²) in [7, 11) is 0. The summed E-state index contributed by atoms with van der Waals surface area (Å²) in [5.41, 5.74) is 5.60. The molecular formula is C36H29Cl2F3N2O4. The van der Waals surface area contributed by atoms with Crippen LogP contribution in [0.1, 0.15) is 35.4 Å². The van der Waals surface area contributed by atoms with Crippen LogP contribution in [-0.2, 0) is 22.7 Å². The van der Waals surface area contributed by atoms with Gasteiger partial charge in [0.05, 0.1) is 23.9 Å². The van der Waals surface area contributed by atoms with E-state index in [1.165, 1.54) is 0 Å². The smallest absolute Gasteiger partial charge is 0.494 e. The minimum atomic E-state index is -4.69. The van der Waals surface area contributed by atoms with Gasteiger partial charge in [-0.25, -0.2) is 4.98 Å². The Morgan fingerprint density at radius 1 is 0.872 bits per heavy atom. The second-order valence-electron chi connectivity index (χ2n) is 10.6. The maximum absolute atomic E-state index is 12.4. The highest BCUT2D eigenvalue weighted by atomic mass is 35.5. The van der Waals surface area contributed by atoms with Crippen molar-refractivity contribution in [2.24, 2.45) is 0 Å². The monoisotopic (exact) mass is 680 g/mol. The second-order valence-corrected chi connectivity index (χ2v) is 11.5. The van der Waals surface area contributed by atoms with Gasteiger partial charge in [-0.05, 0) is 70.6 Å². The van der Waals surface area contributed by atoms with Gasteiger partial charge in [0.15, 0.2) is 0 Å². The second kappa shape index (κ2) is 15.3. The first kappa shape index (κ1) is 33.8. The zero-order valence-electron chi connectivity index (χ0n) is 24.9. The Morgan fingerprint density at radius 3 is 2.17 bits per heavy atom. The lowest BCUT2D eigenvalue weighted by atomic mass is 10.0. The number of halogens is 5. The number of imidazole rings is 1. The Labute approximate surface area is 279 Å². The molecule has 4 aromatic carbocycles. The Balaban J connectivity index is 1.32. The lowest BCUT2D eigenvalue weighted by Gasteiger charge is -2.09. The van der Waals surface area contributed by atoms with E-state index in [9.17, 15) is 18.0 Å². The minimum absolute atomic E-state index is 0.0690. The molecule has 0 fully saturated rings. The molecule has 0 spiro atoms. The fourth-order valence-electron chi connectivity index (χ4n) is 4.73. The van der Waals surface area contributed by atoms with Gasteiger partial charge < -0.3 is 14.4 Å². The van der Waals surface area contributed by atoms with E-state index in [0.29, 0.717) is 58.0 Å². The van der Waals surface area contributed by atoms with Gasteiger partial charge in [-0.2, -0.15) is 0 Å². The number of ether oxygens (including phenoxy) is 2. The van der Waals surface area contributed by atoms with E-state index in [2.05, 4.69) is 4.74 Å². The summed E-state index contributed by atoms with van der Waals surface area (Å²) in [5, 5.41) is 9.72. The number of carbonyl (C=O) groups is 1. The molecule has 1 heterocycles. The van der Waals surface area contributed by atoms with E-state index in [0.717, 1.165) is 22.3 Å². The van der Waals surface area contributed by atoms with E-state index in [1.54, 1.807) is 42.5 Å². The summed E-state index contributed by atoms with van der Waals surface area (Å²) in [6.07, 6.45) is 1.53. The quantitative estimate of drug-likeness (QED) is 0.125. The number of alkyl halides is 3. The van der Waals surface area contributed by atoms with E-state index < -0.39 is 18.9 Å². The summed E-state index contributed by atoms with van der Waals surface area (Å²) in [5.74, 6) is 0.489. The van der Waals surface area contributed by atoms with Crippen molar-refractivity contribution in [1.82, 2.24) is 9.55 Å². The Bertz CT molecular complexity index is 1840. The average molecular weight is 682 g/mol. The molecule has 6 nitrogen and oxygen atoms in total. The number of benzene rings is 4. The first-order chi connectivity index (χ1) is 22.5. The molecule has 0 unspecified atom stereocenters. The first-order valence-corrected chi connectivity index (χ1v) is 15.3. The Kier molecular flexibility index (Phi) is 11.0. The number of carboxylic acid groups (broad SMARTS) is 1. The standard InChI is InChI=1S/C36H29Cl2F3N2O4/c37-29-14-17-31(32(38)20-29)33-22-43(21-25-3-5-26(6-4-25)23-47-36(39,40)41)34(42-33)18-9-24-7-10-27(11-8-24)28-12-15-30(16-13-28)46-19-1-2-35(44)45/h3-18,20,22H,1-2,19,21,23H2,(H,44,45)/b18-9+. The molecule has 0 aliphatic carbocycles. The number of aliphatic carboxylic acids is 1. The topological polar surface area (TPSA) is 73.6 Å². The van der Waals surface area contributed by atoms with E-state index in [4.69, 9.17) is 38.0 Å². The molecule has 0 atom stereocenters. The van der Waals surface area contributed by atoms with Crippen LogP contribution in [0.5, 0.6) is 5.75 Å². The summed E-state index contributed by atoms with van der Waals surface area (Å²) in [6.45, 7) is 0.194. The molecule has 47 heavy (non-hydrogen) atoms. The van der Waals surface area contributed by atoms with Crippen molar-refractivity contribution in [2.45, 2.75) is 32.4 Å². The van der Waals surface area contributed by atoms with Gasteiger partial charge in [0.2, 0.25) is 0 Å². The van der Waals surface area contributed by atoms with Crippen LogP contribution in [0.4, 0.5) is 13.2 Å². The third-order valence-corrected chi connectivity index (χ3v) is 7.67. The summed E-state index contributed by atoms with van der Waals surface area (Å²) in [6, 6.07) is 27.6. The van der Waals surface area contributed by atoms with E-state index >= 15 is 0 Å². The molecule has 242 valence electrons. The number of hydrogen-bond donors (Lipinski definition) is 1. The Hall–Kier alpha value is -4.57. The molecule has 0 aliphatic rings. The van der Waals surface area contributed by atoms with Crippen molar-refractivity contribution >= 4 is 41.3 Å². The molecular weight excluding hydrogens is 652 g/mol. The molecule has 1 aromatic heterocycles. The maximum Gasteiger partial charge on any atom is 0.522 e. The van der Waals surface area contributed by atoms with Crippen LogP contribution in [0.25, 0.3) is 34.5 Å². The molecule has 1 N–H and O–H groups in total. The van der Waals surface area contributed by atoms with Gasteiger partial charge in [-0.1, -0.05) is 89.9 Å². The predicted octanol–water partition coefficient (Wildman–Crippen LogP) is 10.0. The zero-order valence-corrected chi connectivity index (χ0v) is 26.4. The zero-order chi connectivity index (χ0) is 33.4. The highest BCUT2D eigenvalue weighted by Crippen LogP contribution is 2.31. The van der Waals surface area contributed by atoms with Crippen LogP contribution in [-0.4, -0.2) is 33.6 Å². The summed E-state index contributed by atoms with van der Waals surface area (Å²) in [4.78, 5) is 15.5. The Morgan fingerprint density at radius 2 is 1.53 bits per heavy atom. The third kappa shape index (κ3) is 9.96. The number of aromatic nitrogens is 2. The van der Waals surface area contributed by atoms with Crippen molar-refractivity contribution in [2.75, 3.05) is 6.61 Å². The molecule has 0 bridgehead atoms. The molecule has 5 rings (SSSR count). The molecule has 0 saturated heterocycles. The van der Waals surface area contributed by atoms with Crippen LogP contribution < -0.4 is 4.74 Å². The van der Waals surface area contributed by atoms with Crippen molar-refractivity contribution in [3.8, 4) is 28.1 Å². The molecule has 0 amide bonds. The predicted molar refractivity (Wildman–Crippen MR) is 177 cm³/mol. The van der Waals surface area contributed by atoms with Gasteiger partial charge in [-0.15, -0.1) is 13.2 Å². The number of carboxylic acids is 1. The normalized spacial score (nSPS) is 11.7. The summed E-state index contributed by atoms with van der Waals surface area (Å²) < 4.78 is 48.8. The molecule has 0 radical (unpaired) electrons. The first-order valence-electron chi connectivity index (χ1n) is 14.6. The number of hydrogen-bond acceptors (Lipinski definition) is 4. The lowest BCUT2D eigenvalue weighted by Crippen LogP contribution is -2.12. The van der Waals surface area contributed by atoms with Crippen molar-refractivity contribution in [1.29, 1.82) is 0 Å². The van der Waals surface area contributed by atoms with E-state index in [-0.39, 0.29) is 6.42 Å². The van der Waals surface area contributed by atoms with Gasteiger partial charge in [0.25, 0.3) is 0 Å². The lowest BCUT2D eigenvalue weighted by molar-refractivity contribution is -0.330. The van der Waals surface area contributed by atoms with Crippen molar-refractivity contribution in [3.63, 3.8) is 0 Å². The minimum Gasteiger partial charge on any atom is -0.494 e. The largest absolute Gasteiger partial charge is 0.522 e. The van der Waals surface area contributed by atoms with Gasteiger partial charge in [-0.3, -0.25) is 9.53 Å². The molecule has 0 saturated carbocycles. The fraction of sp³-hybridized carbons (Fsp3) is 0.167. The average Bonchev–Trinajstić information content (AvgIpc) is 3.43. The highest BCUT2D eigenvalue weighted by Gasteiger charge is 2.28. The molecule has 11 heteroatoms. The van der Waals surface area contributed by atoms with Crippen LogP contribution in [0, 0.1) is 0 Å². The molecule has 0 aliphatic heterocycles. The van der Waals surface area contributed by atoms with Crippen LogP contribution >= 0.6 is 23.2 Å². The van der Waals surface area contributed by atoms with E-state index in [1.807, 2.05) is 71.4 Å². The van der Waals surface area contributed by atoms with Gasteiger partial charge >= 0.3 is 12.3 Å².